The number of aromatic nitrogens is 1. The van der Waals surface area contributed by atoms with Crippen LogP contribution in [0.1, 0.15) is 105 Å². The zero-order valence-electron chi connectivity index (χ0n) is 20.5. The minimum absolute atomic E-state index is 0.149. The lowest BCUT2D eigenvalue weighted by atomic mass is 9.82. The minimum Gasteiger partial charge on any atom is -0.260 e. The van der Waals surface area contributed by atoms with Gasteiger partial charge in [-0.3, -0.25) is 4.98 Å². The molecule has 0 saturated heterocycles. The third kappa shape index (κ3) is 7.41. The molecule has 0 atom stereocenters. The summed E-state index contributed by atoms with van der Waals surface area (Å²) < 4.78 is 0. The maximum Gasteiger partial charge on any atom is 0.0457 e. The molecule has 0 saturated carbocycles. The van der Waals surface area contributed by atoms with Crippen molar-refractivity contribution < 1.29 is 0 Å². The number of hydrogen-bond acceptors (Lipinski definition) is 1. The summed E-state index contributed by atoms with van der Waals surface area (Å²) in [6.45, 7) is 26.7. The highest BCUT2D eigenvalue weighted by Crippen LogP contribution is 2.27. The second-order valence-corrected chi connectivity index (χ2v) is 12.0. The van der Waals surface area contributed by atoms with E-state index in [1.54, 1.807) is 0 Å². The van der Waals surface area contributed by atoms with Crippen LogP contribution in [-0.4, -0.2) is 4.98 Å². The van der Waals surface area contributed by atoms with Crippen LogP contribution in [0.3, 0.4) is 0 Å². The highest BCUT2D eigenvalue weighted by atomic mass is 14.7. The summed E-state index contributed by atoms with van der Waals surface area (Å²) in [5.74, 6) is 0. The van der Waals surface area contributed by atoms with Crippen LogP contribution in [0.2, 0.25) is 0 Å². The van der Waals surface area contributed by atoms with Crippen molar-refractivity contribution >= 4 is 0 Å². The molecule has 2 rings (SSSR count). The number of nitrogens with zero attached hydrogens (tertiary/aromatic N) is 1. The van der Waals surface area contributed by atoms with E-state index >= 15 is 0 Å². The van der Waals surface area contributed by atoms with Gasteiger partial charge in [0.2, 0.25) is 0 Å². The van der Waals surface area contributed by atoms with E-state index in [0.717, 1.165) is 5.69 Å². The Morgan fingerprint density at radius 1 is 0.429 bits per heavy atom. The van der Waals surface area contributed by atoms with Crippen LogP contribution in [0.15, 0.2) is 42.6 Å². The molecule has 1 heteroatoms. The lowest BCUT2D eigenvalue weighted by molar-refractivity contribution is 0.556. The number of hydrogen-bond donors (Lipinski definition) is 0. The standard InChI is InChI=1S/C14H22.C13H21N/c1-13(2,3)11-7-9-12(10-8-11)14(4,5)6;1-12(2,3)10-7-8-11(14-9-10)13(4,5)6/h7-10H,1-6H3;7-9H,1-6H3. The normalized spacial score (nSPS) is 13.0. The predicted molar refractivity (Wildman–Crippen MR) is 125 cm³/mol. The molecule has 2 aromatic rings. The van der Waals surface area contributed by atoms with Crippen molar-refractivity contribution in [3.05, 3.63) is 65.0 Å². The Morgan fingerprint density at radius 2 is 0.750 bits per heavy atom. The largest absolute Gasteiger partial charge is 0.260 e. The van der Waals surface area contributed by atoms with Crippen LogP contribution in [0, 0.1) is 0 Å². The third-order valence-electron chi connectivity index (χ3n) is 5.01. The van der Waals surface area contributed by atoms with Gasteiger partial charge in [0.25, 0.3) is 0 Å². The quantitative estimate of drug-likeness (QED) is 0.451. The first kappa shape index (κ1) is 24.4. The van der Waals surface area contributed by atoms with Crippen molar-refractivity contribution in [3.63, 3.8) is 0 Å². The molecule has 0 spiro atoms. The molecular weight excluding hydrogens is 338 g/mol. The SMILES string of the molecule is CC(C)(C)c1ccc(C(C)(C)C)cc1.CC(C)(C)c1ccc(C(C)(C)C)nc1. The summed E-state index contributed by atoms with van der Waals surface area (Å²) in [6, 6.07) is 13.3. The van der Waals surface area contributed by atoms with Gasteiger partial charge in [-0.1, -0.05) is 113 Å². The maximum atomic E-state index is 4.52. The van der Waals surface area contributed by atoms with Gasteiger partial charge in [0.1, 0.15) is 0 Å². The topological polar surface area (TPSA) is 12.9 Å². The van der Waals surface area contributed by atoms with E-state index in [1.165, 1.54) is 16.7 Å². The zero-order chi connectivity index (χ0) is 22.0. The van der Waals surface area contributed by atoms with Crippen LogP contribution in [0.5, 0.6) is 0 Å². The number of pyridine rings is 1. The van der Waals surface area contributed by atoms with E-state index in [4.69, 9.17) is 0 Å². The van der Waals surface area contributed by atoms with Gasteiger partial charge >= 0.3 is 0 Å². The summed E-state index contributed by atoms with van der Waals surface area (Å²) >= 11 is 0. The fraction of sp³-hybridized carbons (Fsp3) is 0.593. The molecule has 0 amide bonds. The van der Waals surface area contributed by atoms with E-state index in [1.807, 2.05) is 6.20 Å². The fourth-order valence-electron chi connectivity index (χ4n) is 2.75. The molecule has 0 N–H and O–H groups in total. The second-order valence-electron chi connectivity index (χ2n) is 12.0. The Balaban J connectivity index is 0.000000280. The van der Waals surface area contributed by atoms with Crippen molar-refractivity contribution in [1.29, 1.82) is 0 Å². The zero-order valence-corrected chi connectivity index (χ0v) is 20.5. The monoisotopic (exact) mass is 381 g/mol. The van der Waals surface area contributed by atoms with Crippen LogP contribution in [-0.2, 0) is 21.7 Å². The van der Waals surface area contributed by atoms with Crippen LogP contribution >= 0.6 is 0 Å². The lowest BCUT2D eigenvalue weighted by Gasteiger charge is -2.23. The molecule has 0 radical (unpaired) electrons. The highest BCUT2D eigenvalue weighted by molar-refractivity contribution is 5.31. The summed E-state index contributed by atoms with van der Waals surface area (Å²) in [5.41, 5.74) is 6.14. The Bertz CT molecular complexity index is 588. The van der Waals surface area contributed by atoms with Crippen LogP contribution in [0.4, 0.5) is 0 Å². The molecule has 1 aromatic carbocycles. The molecule has 156 valence electrons. The Hall–Kier alpha value is -1.63. The number of benzene rings is 1. The molecule has 0 unspecified atom stereocenters. The first-order chi connectivity index (χ1) is 12.4. The van der Waals surface area contributed by atoms with Crippen molar-refractivity contribution in [2.75, 3.05) is 0 Å². The molecule has 1 nitrogen and oxygen atoms in total. The average Bonchev–Trinajstić information content (AvgIpc) is 2.52. The first-order valence-corrected chi connectivity index (χ1v) is 10.5. The van der Waals surface area contributed by atoms with Gasteiger partial charge in [-0.05, 0) is 39.0 Å². The van der Waals surface area contributed by atoms with Crippen molar-refractivity contribution in [2.45, 2.75) is 105 Å². The second kappa shape index (κ2) is 8.39. The molecule has 0 aliphatic rings. The van der Waals surface area contributed by atoms with Crippen molar-refractivity contribution in [1.82, 2.24) is 4.98 Å². The molecule has 28 heavy (non-hydrogen) atoms. The molecule has 0 aliphatic carbocycles. The van der Waals surface area contributed by atoms with Gasteiger partial charge < -0.3 is 0 Å². The van der Waals surface area contributed by atoms with Crippen molar-refractivity contribution in [3.8, 4) is 0 Å². The minimum atomic E-state index is 0.149. The molecule has 0 fully saturated rings. The molecule has 0 aliphatic heterocycles. The van der Waals surface area contributed by atoms with Crippen molar-refractivity contribution in [2.24, 2.45) is 0 Å². The van der Waals surface area contributed by atoms with E-state index in [-0.39, 0.29) is 21.7 Å². The van der Waals surface area contributed by atoms with E-state index in [9.17, 15) is 0 Å². The van der Waals surface area contributed by atoms with Gasteiger partial charge in [0, 0.05) is 17.3 Å². The van der Waals surface area contributed by atoms with Gasteiger partial charge in [0.05, 0.1) is 0 Å². The summed E-state index contributed by atoms with van der Waals surface area (Å²) in [6.07, 6.45) is 2.00. The number of rotatable bonds is 0. The van der Waals surface area contributed by atoms with Gasteiger partial charge in [-0.15, -0.1) is 0 Å². The lowest BCUT2D eigenvalue weighted by Crippen LogP contribution is -2.16. The van der Waals surface area contributed by atoms with E-state index in [2.05, 4.69) is 124 Å². The fourth-order valence-corrected chi connectivity index (χ4v) is 2.75. The summed E-state index contributed by atoms with van der Waals surface area (Å²) in [4.78, 5) is 4.52. The Morgan fingerprint density at radius 3 is 0.964 bits per heavy atom. The van der Waals surface area contributed by atoms with Crippen LogP contribution in [0.25, 0.3) is 0 Å². The molecule has 0 bridgehead atoms. The average molecular weight is 382 g/mol. The Labute approximate surface area is 175 Å². The summed E-state index contributed by atoms with van der Waals surface area (Å²) in [7, 11) is 0. The molecule has 1 heterocycles. The van der Waals surface area contributed by atoms with Crippen LogP contribution < -0.4 is 0 Å². The van der Waals surface area contributed by atoms with Gasteiger partial charge in [0.15, 0.2) is 0 Å². The van der Waals surface area contributed by atoms with Gasteiger partial charge in [-0.2, -0.15) is 0 Å². The third-order valence-corrected chi connectivity index (χ3v) is 5.01. The van der Waals surface area contributed by atoms with E-state index < -0.39 is 0 Å². The maximum absolute atomic E-state index is 4.52. The smallest absolute Gasteiger partial charge is 0.0457 e. The first-order valence-electron chi connectivity index (χ1n) is 10.5. The molecule has 1 aromatic heterocycles. The van der Waals surface area contributed by atoms with E-state index in [0.29, 0.717) is 0 Å². The predicted octanol–water partition coefficient (Wildman–Crippen LogP) is 7.96. The van der Waals surface area contributed by atoms with Gasteiger partial charge in [-0.25, -0.2) is 0 Å². The molecular formula is C27H43N. The Kier molecular flexibility index (Phi) is 7.32. The summed E-state index contributed by atoms with van der Waals surface area (Å²) in [5, 5.41) is 0. The highest BCUT2D eigenvalue weighted by Gasteiger charge is 2.18.